The van der Waals surface area contributed by atoms with Crippen LogP contribution in [0.3, 0.4) is 0 Å². The Morgan fingerprint density at radius 2 is 1.82 bits per heavy atom. The average molecular weight is 231 g/mol. The lowest BCUT2D eigenvalue weighted by molar-refractivity contribution is 0.120. The molecule has 92 valence electrons. The van der Waals surface area contributed by atoms with E-state index >= 15 is 0 Å². The predicted molar refractivity (Wildman–Crippen MR) is 69.3 cm³/mol. The van der Waals surface area contributed by atoms with Crippen LogP contribution in [0, 0.1) is 0 Å². The van der Waals surface area contributed by atoms with E-state index in [2.05, 4.69) is 24.3 Å². The van der Waals surface area contributed by atoms with Crippen LogP contribution in [0.1, 0.15) is 44.1 Å². The van der Waals surface area contributed by atoms with Gasteiger partial charge in [0.05, 0.1) is 6.10 Å². The van der Waals surface area contributed by atoms with Crippen molar-refractivity contribution in [1.29, 1.82) is 0 Å². The fraction of sp³-hybridized carbons (Fsp3) is 0.600. The molecule has 0 aliphatic heterocycles. The maximum absolute atomic E-state index is 5.92. The second-order valence-electron chi connectivity index (χ2n) is 5.53. The van der Waals surface area contributed by atoms with E-state index in [1.165, 1.54) is 44.1 Å². The van der Waals surface area contributed by atoms with Crippen LogP contribution >= 0.6 is 0 Å². The molecule has 0 amide bonds. The molecule has 0 aromatic heterocycles. The molecule has 0 unspecified atom stereocenters. The van der Waals surface area contributed by atoms with Gasteiger partial charge in [-0.1, -0.05) is 18.6 Å². The third-order valence-corrected chi connectivity index (χ3v) is 4.52. The van der Waals surface area contributed by atoms with Crippen LogP contribution in [0.15, 0.2) is 24.3 Å². The first-order chi connectivity index (χ1) is 8.32. The molecule has 2 aliphatic rings. The summed E-state index contributed by atoms with van der Waals surface area (Å²) in [4.78, 5) is 0. The maximum Gasteiger partial charge on any atom is 0.119 e. The van der Waals surface area contributed by atoms with Gasteiger partial charge in [-0.3, -0.25) is 0 Å². The van der Waals surface area contributed by atoms with E-state index in [9.17, 15) is 0 Å². The molecule has 0 bridgehead atoms. The Labute approximate surface area is 103 Å². The summed E-state index contributed by atoms with van der Waals surface area (Å²) in [5.74, 6) is 1.02. The van der Waals surface area contributed by atoms with Crippen LogP contribution in [-0.2, 0) is 5.41 Å². The molecular formula is C15H21NO. The number of hydrogen-bond acceptors (Lipinski definition) is 2. The van der Waals surface area contributed by atoms with Gasteiger partial charge in [0.25, 0.3) is 0 Å². The highest BCUT2D eigenvalue weighted by atomic mass is 16.5. The van der Waals surface area contributed by atoms with E-state index in [1.54, 1.807) is 0 Å². The minimum Gasteiger partial charge on any atom is -0.490 e. The number of ether oxygens (including phenoxy) is 1. The predicted octanol–water partition coefficient (Wildman–Crippen LogP) is 3.00. The van der Waals surface area contributed by atoms with Crippen molar-refractivity contribution in [2.75, 3.05) is 6.54 Å². The van der Waals surface area contributed by atoms with Crippen LogP contribution < -0.4 is 10.5 Å². The van der Waals surface area contributed by atoms with Crippen molar-refractivity contribution in [2.45, 2.75) is 50.0 Å². The quantitative estimate of drug-likeness (QED) is 0.864. The fourth-order valence-corrected chi connectivity index (χ4v) is 2.78. The zero-order valence-corrected chi connectivity index (χ0v) is 10.3. The SMILES string of the molecule is NCC1(c2ccc(OC3CCC3)cc2)CCC1. The summed E-state index contributed by atoms with van der Waals surface area (Å²) in [6, 6.07) is 8.65. The normalized spacial score (nSPS) is 22.6. The first-order valence-electron chi connectivity index (χ1n) is 6.80. The molecule has 1 aromatic carbocycles. The smallest absolute Gasteiger partial charge is 0.119 e. The molecule has 2 fully saturated rings. The van der Waals surface area contributed by atoms with Crippen LogP contribution in [0.5, 0.6) is 5.75 Å². The van der Waals surface area contributed by atoms with Gasteiger partial charge < -0.3 is 10.5 Å². The van der Waals surface area contributed by atoms with E-state index in [1.807, 2.05) is 0 Å². The Balaban J connectivity index is 1.70. The van der Waals surface area contributed by atoms with Gasteiger partial charge in [-0.05, 0) is 49.8 Å². The van der Waals surface area contributed by atoms with Crippen molar-refractivity contribution in [3.05, 3.63) is 29.8 Å². The third kappa shape index (κ3) is 1.95. The van der Waals surface area contributed by atoms with E-state index in [0.717, 1.165) is 12.3 Å². The molecule has 17 heavy (non-hydrogen) atoms. The summed E-state index contributed by atoms with van der Waals surface area (Å²) in [7, 11) is 0. The van der Waals surface area contributed by atoms with Gasteiger partial charge in [0.2, 0.25) is 0 Å². The van der Waals surface area contributed by atoms with Crippen LogP contribution in [0.25, 0.3) is 0 Å². The van der Waals surface area contributed by atoms with Crippen LogP contribution in [0.4, 0.5) is 0 Å². The summed E-state index contributed by atoms with van der Waals surface area (Å²) in [5, 5.41) is 0. The van der Waals surface area contributed by atoms with Crippen molar-refractivity contribution in [1.82, 2.24) is 0 Å². The molecule has 2 N–H and O–H groups in total. The van der Waals surface area contributed by atoms with Crippen molar-refractivity contribution in [3.63, 3.8) is 0 Å². The Morgan fingerprint density at radius 3 is 2.24 bits per heavy atom. The third-order valence-electron chi connectivity index (χ3n) is 4.52. The molecule has 0 atom stereocenters. The molecular weight excluding hydrogens is 210 g/mol. The van der Waals surface area contributed by atoms with Crippen LogP contribution in [-0.4, -0.2) is 12.6 Å². The molecule has 3 rings (SSSR count). The Bertz CT molecular complexity index is 371. The van der Waals surface area contributed by atoms with Crippen molar-refractivity contribution in [2.24, 2.45) is 5.73 Å². The molecule has 2 heteroatoms. The lowest BCUT2D eigenvalue weighted by Crippen LogP contribution is -2.41. The van der Waals surface area contributed by atoms with Gasteiger partial charge in [0.1, 0.15) is 5.75 Å². The van der Waals surface area contributed by atoms with Gasteiger partial charge in [0.15, 0.2) is 0 Å². The monoisotopic (exact) mass is 231 g/mol. The van der Waals surface area contributed by atoms with Crippen LogP contribution in [0.2, 0.25) is 0 Å². The summed E-state index contributed by atoms with van der Waals surface area (Å²) in [6.45, 7) is 0.774. The highest BCUT2D eigenvalue weighted by molar-refractivity contribution is 5.34. The largest absolute Gasteiger partial charge is 0.490 e. The van der Waals surface area contributed by atoms with E-state index in [4.69, 9.17) is 10.5 Å². The van der Waals surface area contributed by atoms with Crippen molar-refractivity contribution >= 4 is 0 Å². The molecule has 0 heterocycles. The first-order valence-corrected chi connectivity index (χ1v) is 6.80. The van der Waals surface area contributed by atoms with Gasteiger partial charge in [-0.2, -0.15) is 0 Å². The molecule has 2 saturated carbocycles. The minimum atomic E-state index is 0.273. The summed E-state index contributed by atoms with van der Waals surface area (Å²) < 4.78 is 5.87. The number of nitrogens with two attached hydrogens (primary N) is 1. The van der Waals surface area contributed by atoms with Crippen molar-refractivity contribution < 1.29 is 4.74 Å². The highest BCUT2D eigenvalue weighted by Crippen LogP contribution is 2.43. The molecule has 0 spiro atoms. The Kier molecular flexibility index (Phi) is 2.83. The number of hydrogen-bond donors (Lipinski definition) is 1. The lowest BCUT2D eigenvalue weighted by Gasteiger charge is -2.41. The molecule has 0 saturated heterocycles. The van der Waals surface area contributed by atoms with Gasteiger partial charge >= 0.3 is 0 Å². The van der Waals surface area contributed by atoms with E-state index in [0.29, 0.717) is 6.10 Å². The fourth-order valence-electron chi connectivity index (χ4n) is 2.78. The second-order valence-corrected chi connectivity index (χ2v) is 5.53. The Morgan fingerprint density at radius 1 is 1.12 bits per heavy atom. The highest BCUT2D eigenvalue weighted by Gasteiger charge is 2.37. The zero-order valence-electron chi connectivity index (χ0n) is 10.3. The zero-order chi connectivity index (χ0) is 11.7. The molecule has 2 aliphatic carbocycles. The summed E-state index contributed by atoms with van der Waals surface area (Å²) in [6.07, 6.45) is 8.02. The number of benzene rings is 1. The standard InChI is InChI=1S/C15H21NO/c16-11-15(9-2-10-15)12-5-7-14(8-6-12)17-13-3-1-4-13/h5-8,13H,1-4,9-11,16H2. The second kappa shape index (κ2) is 4.34. The summed E-state index contributed by atoms with van der Waals surface area (Å²) in [5.41, 5.74) is 7.59. The van der Waals surface area contributed by atoms with Gasteiger partial charge in [-0.25, -0.2) is 0 Å². The first kappa shape index (κ1) is 11.1. The van der Waals surface area contributed by atoms with Crippen molar-refractivity contribution in [3.8, 4) is 5.75 Å². The average Bonchev–Trinajstić information content (AvgIpc) is 2.25. The summed E-state index contributed by atoms with van der Waals surface area (Å²) >= 11 is 0. The van der Waals surface area contributed by atoms with E-state index < -0.39 is 0 Å². The lowest BCUT2D eigenvalue weighted by atomic mass is 9.64. The molecule has 2 nitrogen and oxygen atoms in total. The number of rotatable bonds is 4. The minimum absolute atomic E-state index is 0.273. The van der Waals surface area contributed by atoms with Gasteiger partial charge in [-0.15, -0.1) is 0 Å². The molecule has 0 radical (unpaired) electrons. The van der Waals surface area contributed by atoms with Gasteiger partial charge in [0, 0.05) is 12.0 Å². The topological polar surface area (TPSA) is 35.2 Å². The molecule has 1 aromatic rings. The maximum atomic E-state index is 5.92. The Hall–Kier alpha value is -1.02. The van der Waals surface area contributed by atoms with E-state index in [-0.39, 0.29) is 5.41 Å².